The highest BCUT2D eigenvalue weighted by molar-refractivity contribution is 6.30. The second kappa shape index (κ2) is 6.40. The molecule has 1 heterocycles. The Morgan fingerprint density at radius 2 is 1.95 bits per heavy atom. The molecule has 1 aromatic carbocycles. The molecule has 1 aromatic rings. The van der Waals surface area contributed by atoms with Gasteiger partial charge in [0.05, 0.1) is 19.2 Å². The summed E-state index contributed by atoms with van der Waals surface area (Å²) < 4.78 is 0. The zero-order chi connectivity index (χ0) is 14.5. The number of imide groups is 1. The maximum Gasteiger partial charge on any atom is 0.248 e. The Balaban J connectivity index is 2.04. The highest BCUT2D eigenvalue weighted by atomic mass is 35.5. The molecule has 0 spiro atoms. The number of rotatable bonds is 4. The smallest absolute Gasteiger partial charge is 0.248 e. The molecule has 0 aromatic heterocycles. The largest absolute Gasteiger partial charge is 0.353 e. The third-order valence-corrected chi connectivity index (χ3v) is 3.33. The number of carbonyl (C=O) groups excluding carboxylic acids is 2. The molecule has 0 unspecified atom stereocenters. The van der Waals surface area contributed by atoms with Crippen molar-refractivity contribution in [3.05, 3.63) is 29.3 Å². The van der Waals surface area contributed by atoms with Crippen molar-refractivity contribution in [1.29, 1.82) is 5.26 Å². The molecule has 0 aliphatic carbocycles. The lowest BCUT2D eigenvalue weighted by atomic mass is 10.2. The molecular weight excluding hydrogens is 278 g/mol. The minimum absolute atomic E-state index is 0.151. The number of piperazine rings is 1. The van der Waals surface area contributed by atoms with Gasteiger partial charge in [-0.25, -0.2) is 0 Å². The summed E-state index contributed by atoms with van der Waals surface area (Å²) >= 11 is 5.91. The maximum absolute atomic E-state index is 12.0. The average Bonchev–Trinajstić information content (AvgIpc) is 2.41. The van der Waals surface area contributed by atoms with Gasteiger partial charge in [-0.2, -0.15) is 5.26 Å². The Labute approximate surface area is 122 Å². The van der Waals surface area contributed by atoms with Crippen molar-refractivity contribution in [2.75, 3.05) is 24.5 Å². The van der Waals surface area contributed by atoms with Crippen LogP contribution in [0, 0.1) is 11.3 Å². The summed E-state index contributed by atoms with van der Waals surface area (Å²) in [5, 5.41) is 9.05. The first-order chi connectivity index (χ1) is 9.61. The Bertz CT molecular complexity index is 550. The molecule has 0 atom stereocenters. The van der Waals surface area contributed by atoms with Crippen LogP contribution < -0.4 is 4.90 Å². The second-order valence-corrected chi connectivity index (χ2v) is 4.97. The minimum Gasteiger partial charge on any atom is -0.353 e. The standard InChI is InChI=1S/C14H14ClN3O2/c15-11-4-3-5-12(8-11)17-9-13(19)18(14(20)10-17)7-2-1-6-16/h3-5,8H,1-2,7,9-10H2. The fourth-order valence-electron chi connectivity index (χ4n) is 2.11. The summed E-state index contributed by atoms with van der Waals surface area (Å²) in [5.74, 6) is -0.474. The monoisotopic (exact) mass is 291 g/mol. The lowest BCUT2D eigenvalue weighted by Crippen LogP contribution is -2.54. The minimum atomic E-state index is -0.237. The van der Waals surface area contributed by atoms with E-state index < -0.39 is 0 Å². The molecule has 104 valence electrons. The summed E-state index contributed by atoms with van der Waals surface area (Å²) in [6, 6.07) is 9.08. The van der Waals surface area contributed by atoms with Gasteiger partial charge >= 0.3 is 0 Å². The number of halogens is 1. The van der Waals surface area contributed by atoms with Gasteiger partial charge in [0.2, 0.25) is 11.8 Å². The van der Waals surface area contributed by atoms with Crippen molar-refractivity contribution < 1.29 is 9.59 Å². The molecule has 1 aliphatic heterocycles. The van der Waals surface area contributed by atoms with Crippen LogP contribution in [-0.4, -0.2) is 36.3 Å². The summed E-state index contributed by atoms with van der Waals surface area (Å²) in [4.78, 5) is 27.0. The van der Waals surface area contributed by atoms with Crippen LogP contribution in [0.3, 0.4) is 0 Å². The lowest BCUT2D eigenvalue weighted by Gasteiger charge is -2.34. The number of hydrogen-bond donors (Lipinski definition) is 0. The van der Waals surface area contributed by atoms with E-state index in [9.17, 15) is 9.59 Å². The number of unbranched alkanes of at least 4 members (excludes halogenated alkanes) is 1. The topological polar surface area (TPSA) is 64.4 Å². The van der Waals surface area contributed by atoms with E-state index in [1.54, 1.807) is 23.1 Å². The van der Waals surface area contributed by atoms with Crippen LogP contribution in [0.1, 0.15) is 12.8 Å². The zero-order valence-corrected chi connectivity index (χ0v) is 11.6. The molecule has 1 saturated heterocycles. The summed E-state index contributed by atoms with van der Waals surface area (Å²) in [6.07, 6.45) is 0.861. The van der Waals surface area contributed by atoms with Gasteiger partial charge in [0.15, 0.2) is 0 Å². The molecule has 5 nitrogen and oxygen atoms in total. The predicted octanol–water partition coefficient (Wildman–Crippen LogP) is 1.82. The molecule has 1 aliphatic rings. The second-order valence-electron chi connectivity index (χ2n) is 4.54. The van der Waals surface area contributed by atoms with E-state index in [4.69, 9.17) is 16.9 Å². The molecule has 2 amide bonds. The van der Waals surface area contributed by atoms with Crippen molar-refractivity contribution in [2.24, 2.45) is 0 Å². The third kappa shape index (κ3) is 3.28. The Morgan fingerprint density at radius 1 is 1.25 bits per heavy atom. The van der Waals surface area contributed by atoms with Crippen molar-refractivity contribution >= 4 is 29.1 Å². The zero-order valence-electron chi connectivity index (χ0n) is 10.9. The van der Waals surface area contributed by atoms with E-state index in [0.29, 0.717) is 24.4 Å². The number of hydrogen-bond acceptors (Lipinski definition) is 4. The van der Waals surface area contributed by atoms with E-state index in [1.807, 2.05) is 12.1 Å². The first-order valence-corrected chi connectivity index (χ1v) is 6.70. The van der Waals surface area contributed by atoms with E-state index in [0.717, 1.165) is 5.69 Å². The van der Waals surface area contributed by atoms with Crippen LogP contribution in [0.15, 0.2) is 24.3 Å². The van der Waals surface area contributed by atoms with Gasteiger partial charge in [0.1, 0.15) is 0 Å². The number of nitriles is 1. The lowest BCUT2D eigenvalue weighted by molar-refractivity contribution is -0.145. The molecule has 0 bridgehead atoms. The van der Waals surface area contributed by atoms with Crippen molar-refractivity contribution in [3.63, 3.8) is 0 Å². The third-order valence-electron chi connectivity index (χ3n) is 3.10. The molecule has 20 heavy (non-hydrogen) atoms. The van der Waals surface area contributed by atoms with Gasteiger partial charge in [0, 0.05) is 23.7 Å². The average molecular weight is 292 g/mol. The van der Waals surface area contributed by atoms with Crippen LogP contribution in [0.25, 0.3) is 0 Å². The van der Waals surface area contributed by atoms with Gasteiger partial charge in [0.25, 0.3) is 0 Å². The number of nitrogens with zero attached hydrogens (tertiary/aromatic N) is 3. The molecule has 6 heteroatoms. The van der Waals surface area contributed by atoms with Gasteiger partial charge < -0.3 is 4.90 Å². The van der Waals surface area contributed by atoms with Gasteiger partial charge in [-0.15, -0.1) is 0 Å². The fraction of sp³-hybridized carbons (Fsp3) is 0.357. The normalized spacial score (nSPS) is 15.4. The summed E-state index contributed by atoms with van der Waals surface area (Å²) in [6.45, 7) is 0.617. The van der Waals surface area contributed by atoms with Gasteiger partial charge in [-0.1, -0.05) is 17.7 Å². The predicted molar refractivity (Wildman–Crippen MR) is 75.2 cm³/mol. The molecule has 0 saturated carbocycles. The molecule has 1 fully saturated rings. The highest BCUT2D eigenvalue weighted by Gasteiger charge is 2.30. The molecule has 0 N–H and O–H groups in total. The Morgan fingerprint density at radius 3 is 2.55 bits per heavy atom. The van der Waals surface area contributed by atoms with Gasteiger partial charge in [-0.3, -0.25) is 14.5 Å². The quantitative estimate of drug-likeness (QED) is 0.627. The summed E-state index contributed by atoms with van der Waals surface area (Å²) in [7, 11) is 0. The Kier molecular flexibility index (Phi) is 4.59. The molecular formula is C14H14ClN3O2. The van der Waals surface area contributed by atoms with Crippen LogP contribution >= 0.6 is 11.6 Å². The highest BCUT2D eigenvalue weighted by Crippen LogP contribution is 2.21. The fourth-order valence-corrected chi connectivity index (χ4v) is 2.30. The number of amides is 2. The van der Waals surface area contributed by atoms with Crippen LogP contribution in [-0.2, 0) is 9.59 Å². The van der Waals surface area contributed by atoms with E-state index >= 15 is 0 Å². The van der Waals surface area contributed by atoms with Crippen LogP contribution in [0.5, 0.6) is 0 Å². The maximum atomic E-state index is 12.0. The molecule has 0 radical (unpaired) electrons. The first kappa shape index (κ1) is 14.4. The van der Waals surface area contributed by atoms with E-state index in [-0.39, 0.29) is 24.9 Å². The Hall–Kier alpha value is -2.06. The van der Waals surface area contributed by atoms with E-state index in [1.165, 1.54) is 4.90 Å². The summed E-state index contributed by atoms with van der Waals surface area (Å²) in [5.41, 5.74) is 0.760. The van der Waals surface area contributed by atoms with Crippen LogP contribution in [0.4, 0.5) is 5.69 Å². The SMILES string of the molecule is N#CCCCN1C(=O)CN(c2cccc(Cl)c2)CC1=O. The van der Waals surface area contributed by atoms with Crippen LogP contribution in [0.2, 0.25) is 5.02 Å². The number of anilines is 1. The van der Waals surface area contributed by atoms with Crippen molar-refractivity contribution in [3.8, 4) is 6.07 Å². The number of carbonyl (C=O) groups is 2. The van der Waals surface area contributed by atoms with E-state index in [2.05, 4.69) is 0 Å². The van der Waals surface area contributed by atoms with Crippen molar-refractivity contribution in [1.82, 2.24) is 4.90 Å². The molecule has 2 rings (SSSR count). The van der Waals surface area contributed by atoms with Gasteiger partial charge in [-0.05, 0) is 24.6 Å². The van der Waals surface area contributed by atoms with Crippen molar-refractivity contribution in [2.45, 2.75) is 12.8 Å². The number of benzene rings is 1. The first-order valence-electron chi connectivity index (χ1n) is 6.32.